The van der Waals surface area contributed by atoms with Gasteiger partial charge in [0.05, 0.1) is 18.4 Å². The quantitative estimate of drug-likeness (QED) is 0.285. The Bertz CT molecular complexity index is 1440. The van der Waals surface area contributed by atoms with E-state index in [9.17, 15) is 19.2 Å². The van der Waals surface area contributed by atoms with Crippen molar-refractivity contribution < 1.29 is 23.9 Å². The maximum atomic E-state index is 12.9. The van der Waals surface area contributed by atoms with Crippen LogP contribution < -0.4 is 21.9 Å². The summed E-state index contributed by atoms with van der Waals surface area (Å²) in [6.45, 7) is 10.7. The van der Waals surface area contributed by atoms with Crippen molar-refractivity contribution in [2.24, 2.45) is 0 Å². The van der Waals surface area contributed by atoms with E-state index in [-0.39, 0.29) is 36.5 Å². The number of rotatable bonds is 9. The molecule has 13 nitrogen and oxygen atoms in total. The van der Waals surface area contributed by atoms with Gasteiger partial charge < -0.3 is 25.8 Å². The lowest BCUT2D eigenvalue weighted by molar-refractivity contribution is -0.158. The molecule has 40 heavy (non-hydrogen) atoms. The van der Waals surface area contributed by atoms with Crippen LogP contribution in [0.25, 0.3) is 11.2 Å². The summed E-state index contributed by atoms with van der Waals surface area (Å²) in [6, 6.07) is 5.49. The van der Waals surface area contributed by atoms with E-state index in [1.807, 2.05) is 0 Å². The number of nitrogens with zero attached hydrogens (tertiary/aromatic N) is 3. The van der Waals surface area contributed by atoms with Gasteiger partial charge in [0.1, 0.15) is 17.2 Å². The van der Waals surface area contributed by atoms with Crippen molar-refractivity contribution in [1.29, 1.82) is 0 Å². The van der Waals surface area contributed by atoms with Crippen LogP contribution in [0.3, 0.4) is 0 Å². The zero-order valence-corrected chi connectivity index (χ0v) is 23.5. The third-order valence-corrected chi connectivity index (χ3v) is 5.16. The van der Waals surface area contributed by atoms with E-state index in [0.717, 1.165) is 0 Å². The van der Waals surface area contributed by atoms with E-state index < -0.39 is 40.6 Å². The molecule has 5 N–H and O–H groups in total. The van der Waals surface area contributed by atoms with Crippen LogP contribution in [0.5, 0.6) is 0 Å². The molecule has 0 bridgehead atoms. The first-order chi connectivity index (χ1) is 18.6. The number of carbonyl (C=O) groups excluding carboxylic acids is 3. The predicted octanol–water partition coefficient (Wildman–Crippen LogP) is 2.47. The molecule has 0 aliphatic heterocycles. The average molecular weight is 554 g/mol. The molecule has 3 rings (SSSR count). The summed E-state index contributed by atoms with van der Waals surface area (Å²) in [4.78, 5) is 64.7. The van der Waals surface area contributed by atoms with Gasteiger partial charge in [0.25, 0.3) is 11.5 Å². The van der Waals surface area contributed by atoms with Gasteiger partial charge in [-0.25, -0.2) is 14.8 Å². The number of ether oxygens (including phenoxy) is 2. The number of nitrogen functional groups attached to an aromatic ring is 1. The molecule has 2 aromatic heterocycles. The Morgan fingerprint density at radius 3 is 2.27 bits per heavy atom. The molecular weight excluding hydrogens is 518 g/mol. The summed E-state index contributed by atoms with van der Waals surface area (Å²) in [5.74, 6) is -1.66. The van der Waals surface area contributed by atoms with Gasteiger partial charge in [-0.1, -0.05) is 0 Å². The minimum Gasteiger partial charge on any atom is -0.460 e. The first kappa shape index (κ1) is 30.0. The molecule has 214 valence electrons. The van der Waals surface area contributed by atoms with Crippen LogP contribution in [0, 0.1) is 0 Å². The lowest BCUT2D eigenvalue weighted by Gasteiger charge is -2.25. The van der Waals surface area contributed by atoms with Crippen LogP contribution in [0.2, 0.25) is 0 Å². The number of amides is 1. The molecule has 0 radical (unpaired) electrons. The molecule has 0 saturated heterocycles. The van der Waals surface area contributed by atoms with Gasteiger partial charge in [-0.2, -0.15) is 4.98 Å². The van der Waals surface area contributed by atoms with E-state index in [1.54, 1.807) is 65.8 Å². The third-order valence-electron chi connectivity index (χ3n) is 5.16. The molecule has 1 amide bonds. The number of nitrogens with one attached hydrogen (secondary N) is 3. The molecule has 3 aromatic rings. The Balaban J connectivity index is 1.64. The van der Waals surface area contributed by atoms with Gasteiger partial charge in [0.15, 0.2) is 11.2 Å². The van der Waals surface area contributed by atoms with Crippen molar-refractivity contribution in [2.45, 2.75) is 78.2 Å². The Labute approximate surface area is 231 Å². The number of nitrogens with two attached hydrogens (primary N) is 1. The molecule has 2 heterocycles. The Hall–Kier alpha value is -4.55. The Morgan fingerprint density at radius 2 is 1.65 bits per heavy atom. The van der Waals surface area contributed by atoms with Crippen LogP contribution >= 0.6 is 0 Å². The molecule has 13 heteroatoms. The van der Waals surface area contributed by atoms with Crippen molar-refractivity contribution in [2.75, 3.05) is 11.1 Å². The van der Waals surface area contributed by atoms with Gasteiger partial charge >= 0.3 is 11.9 Å². The standard InChI is InChI=1S/C27H35N7O6/c1-26(2,3)39-19(35)12-11-18(24(38)40-27(4,5)6)32-22(36)15-7-9-16(10-8-15)29-13-17-14-30-21-20(31-17)23(37)34-25(28)33-21/h7-10,14,18,29H,11-13H2,1-6H3,(H,32,36)(H3,28,30,33,34,37)/t18-/m0/s1. The number of benzene rings is 1. The lowest BCUT2D eigenvalue weighted by Crippen LogP contribution is -2.44. The highest BCUT2D eigenvalue weighted by Crippen LogP contribution is 2.16. The molecule has 0 aliphatic rings. The molecule has 0 spiro atoms. The second-order valence-electron chi connectivity index (χ2n) is 11.1. The largest absolute Gasteiger partial charge is 0.460 e. The number of fused-ring (bicyclic) bond motifs is 1. The monoisotopic (exact) mass is 553 g/mol. The molecule has 0 unspecified atom stereocenters. The smallest absolute Gasteiger partial charge is 0.329 e. The van der Waals surface area contributed by atoms with Crippen molar-refractivity contribution in [1.82, 2.24) is 25.3 Å². The van der Waals surface area contributed by atoms with Crippen LogP contribution in [-0.2, 0) is 25.6 Å². The van der Waals surface area contributed by atoms with Crippen LogP contribution in [0.4, 0.5) is 11.6 Å². The number of carbonyl (C=O) groups is 3. The molecule has 0 fully saturated rings. The van der Waals surface area contributed by atoms with Gasteiger partial charge in [0, 0.05) is 17.7 Å². The van der Waals surface area contributed by atoms with E-state index in [0.29, 0.717) is 16.9 Å². The molecule has 0 aliphatic carbocycles. The van der Waals surface area contributed by atoms with Crippen molar-refractivity contribution >= 4 is 40.6 Å². The number of hydrogen-bond acceptors (Lipinski definition) is 11. The fourth-order valence-electron chi connectivity index (χ4n) is 3.51. The second-order valence-corrected chi connectivity index (χ2v) is 11.1. The van der Waals surface area contributed by atoms with Crippen LogP contribution in [0.1, 0.15) is 70.4 Å². The topological polar surface area (TPSA) is 191 Å². The third kappa shape index (κ3) is 9.03. The van der Waals surface area contributed by atoms with Crippen molar-refractivity contribution in [3.8, 4) is 0 Å². The molecule has 1 aromatic carbocycles. The van der Waals surface area contributed by atoms with Crippen molar-refractivity contribution in [3.63, 3.8) is 0 Å². The van der Waals surface area contributed by atoms with Gasteiger partial charge in [-0.3, -0.25) is 19.4 Å². The first-order valence-corrected chi connectivity index (χ1v) is 12.7. The van der Waals surface area contributed by atoms with E-state index in [1.165, 1.54) is 6.20 Å². The number of aromatic amines is 1. The summed E-state index contributed by atoms with van der Waals surface area (Å²) < 4.78 is 10.8. The zero-order valence-electron chi connectivity index (χ0n) is 23.5. The minimum absolute atomic E-state index is 0.0208. The van der Waals surface area contributed by atoms with Crippen LogP contribution in [0.15, 0.2) is 35.3 Å². The van der Waals surface area contributed by atoms with Gasteiger partial charge in [0.2, 0.25) is 5.95 Å². The fraction of sp³-hybridized carbons (Fsp3) is 0.444. The summed E-state index contributed by atoms with van der Waals surface area (Å²) in [6.07, 6.45) is 1.43. The fourth-order valence-corrected chi connectivity index (χ4v) is 3.51. The SMILES string of the molecule is CC(C)(C)OC(=O)CC[C@H](NC(=O)c1ccc(NCc2cnc3nc(N)[nH]c(=O)c3n2)cc1)C(=O)OC(C)(C)C. The van der Waals surface area contributed by atoms with E-state index in [4.69, 9.17) is 15.2 Å². The average Bonchev–Trinajstić information content (AvgIpc) is 2.83. The number of hydrogen-bond donors (Lipinski definition) is 4. The first-order valence-electron chi connectivity index (χ1n) is 12.7. The second kappa shape index (κ2) is 12.1. The van der Waals surface area contributed by atoms with E-state index >= 15 is 0 Å². The maximum absolute atomic E-state index is 12.9. The highest BCUT2D eigenvalue weighted by atomic mass is 16.6. The summed E-state index contributed by atoms with van der Waals surface area (Å²) in [5, 5.41) is 5.81. The molecular formula is C27H35N7O6. The summed E-state index contributed by atoms with van der Waals surface area (Å²) in [7, 11) is 0. The van der Waals surface area contributed by atoms with Crippen molar-refractivity contribution in [3.05, 3.63) is 52.1 Å². The Kier molecular flexibility index (Phi) is 9.07. The Morgan fingerprint density at radius 1 is 1.00 bits per heavy atom. The van der Waals surface area contributed by atoms with Gasteiger partial charge in [-0.15, -0.1) is 0 Å². The molecule has 0 saturated carbocycles. The van der Waals surface area contributed by atoms with E-state index in [2.05, 4.69) is 30.6 Å². The predicted molar refractivity (Wildman–Crippen MR) is 148 cm³/mol. The maximum Gasteiger partial charge on any atom is 0.329 e. The number of aromatic nitrogens is 4. The summed E-state index contributed by atoms with van der Waals surface area (Å²) >= 11 is 0. The normalized spacial score (nSPS) is 12.4. The minimum atomic E-state index is -1.04. The number of H-pyrrole nitrogens is 1. The zero-order chi connectivity index (χ0) is 29.7. The molecule has 1 atom stereocenters. The van der Waals surface area contributed by atoms with Gasteiger partial charge in [-0.05, 0) is 72.2 Å². The number of anilines is 2. The highest BCUT2D eigenvalue weighted by molar-refractivity contribution is 5.97. The van der Waals surface area contributed by atoms with Crippen LogP contribution in [-0.4, -0.2) is 55.0 Å². The lowest BCUT2D eigenvalue weighted by atomic mass is 10.1. The highest BCUT2D eigenvalue weighted by Gasteiger charge is 2.28. The summed E-state index contributed by atoms with van der Waals surface area (Å²) in [5.41, 5.74) is 5.31. The number of esters is 2.